The van der Waals surface area contributed by atoms with Crippen molar-refractivity contribution in [2.24, 2.45) is 5.92 Å². The molecule has 1 aromatic rings. The zero-order valence-corrected chi connectivity index (χ0v) is 12.4. The van der Waals surface area contributed by atoms with E-state index in [0.717, 1.165) is 22.3 Å². The molecule has 0 bridgehead atoms. The van der Waals surface area contributed by atoms with Crippen LogP contribution in [0.1, 0.15) is 12.0 Å². The Morgan fingerprint density at radius 3 is 2.88 bits per heavy atom. The minimum absolute atomic E-state index is 0.218. The molecule has 0 aromatic heterocycles. The Kier molecular flexibility index (Phi) is 4.39. The topological polar surface area (TPSA) is 20.3 Å². The summed E-state index contributed by atoms with van der Waals surface area (Å²) in [4.78, 5) is 13.6. The predicted octanol–water partition coefficient (Wildman–Crippen LogP) is 3.38. The van der Waals surface area contributed by atoms with Gasteiger partial charge < -0.3 is 4.90 Å². The molecule has 0 aliphatic carbocycles. The fourth-order valence-electron chi connectivity index (χ4n) is 1.99. The lowest BCUT2D eigenvalue weighted by atomic mass is 10.1. The third-order valence-corrected chi connectivity index (χ3v) is 4.64. The van der Waals surface area contributed by atoms with E-state index in [1.807, 2.05) is 23.1 Å². The van der Waals surface area contributed by atoms with E-state index in [0.29, 0.717) is 23.9 Å². The van der Waals surface area contributed by atoms with Crippen molar-refractivity contribution in [3.05, 3.63) is 33.3 Å². The smallest absolute Gasteiger partial charge is 0.223 e. The number of hydrogen-bond donors (Lipinski definition) is 1. The number of carbonyl (C=O) groups is 1. The van der Waals surface area contributed by atoms with Crippen molar-refractivity contribution in [1.82, 2.24) is 4.90 Å². The summed E-state index contributed by atoms with van der Waals surface area (Å²) in [6.07, 6.45) is 0.623. The molecule has 1 aliphatic rings. The molecule has 0 spiro atoms. The van der Waals surface area contributed by atoms with Crippen LogP contribution in [-0.4, -0.2) is 23.1 Å². The minimum Gasteiger partial charge on any atom is -0.338 e. The second kappa shape index (κ2) is 5.63. The summed E-state index contributed by atoms with van der Waals surface area (Å²) in [5.74, 6) is 1.38. The summed E-state index contributed by atoms with van der Waals surface area (Å²) < 4.78 is 0.869. The highest BCUT2D eigenvalue weighted by Gasteiger charge is 2.28. The van der Waals surface area contributed by atoms with Crippen molar-refractivity contribution in [3.63, 3.8) is 0 Å². The van der Waals surface area contributed by atoms with Gasteiger partial charge in [0.25, 0.3) is 0 Å². The summed E-state index contributed by atoms with van der Waals surface area (Å²) in [6.45, 7) is 1.46. The van der Waals surface area contributed by atoms with Crippen LogP contribution in [0.4, 0.5) is 0 Å². The number of nitrogens with zero attached hydrogens (tertiary/aromatic N) is 1. The quantitative estimate of drug-likeness (QED) is 0.840. The number of rotatable bonds is 3. The van der Waals surface area contributed by atoms with Crippen molar-refractivity contribution < 1.29 is 4.79 Å². The Morgan fingerprint density at radius 2 is 2.29 bits per heavy atom. The standard InChI is InChI=1S/C12H13BrClNOS/c13-10-3-8(1-2-11(10)14)5-15-6-9(7-17)4-12(15)16/h1-3,9,17H,4-7H2. The van der Waals surface area contributed by atoms with Gasteiger partial charge in [0.15, 0.2) is 0 Å². The highest BCUT2D eigenvalue weighted by atomic mass is 79.9. The van der Waals surface area contributed by atoms with E-state index in [2.05, 4.69) is 28.6 Å². The second-order valence-corrected chi connectivity index (χ2v) is 5.90. The van der Waals surface area contributed by atoms with Gasteiger partial charge in [0, 0.05) is 24.0 Å². The molecule has 2 nitrogen and oxygen atoms in total. The Hall–Kier alpha value is -0.190. The highest BCUT2D eigenvalue weighted by Crippen LogP contribution is 2.26. The third kappa shape index (κ3) is 3.18. The fraction of sp³-hybridized carbons (Fsp3) is 0.417. The monoisotopic (exact) mass is 333 g/mol. The van der Waals surface area contributed by atoms with Crippen LogP contribution in [0.15, 0.2) is 22.7 Å². The highest BCUT2D eigenvalue weighted by molar-refractivity contribution is 9.10. The molecule has 17 heavy (non-hydrogen) atoms. The maximum atomic E-state index is 11.8. The molecule has 2 rings (SSSR count). The summed E-state index contributed by atoms with van der Waals surface area (Å²) in [7, 11) is 0. The number of halogens is 2. The van der Waals surface area contributed by atoms with Gasteiger partial charge >= 0.3 is 0 Å². The number of likely N-dealkylation sites (tertiary alicyclic amines) is 1. The molecule has 1 aliphatic heterocycles. The molecular formula is C12H13BrClNOS. The number of carbonyl (C=O) groups excluding carboxylic acids is 1. The second-order valence-electron chi connectivity index (χ2n) is 4.28. The van der Waals surface area contributed by atoms with Gasteiger partial charge in [-0.1, -0.05) is 17.7 Å². The zero-order chi connectivity index (χ0) is 12.4. The summed E-state index contributed by atoms with van der Waals surface area (Å²) >= 11 is 13.6. The normalized spacial score (nSPS) is 20.1. The molecule has 0 N–H and O–H groups in total. The third-order valence-electron chi connectivity index (χ3n) is 2.91. The Bertz CT molecular complexity index is 441. The number of amides is 1. The number of benzene rings is 1. The van der Waals surface area contributed by atoms with Gasteiger partial charge in [-0.15, -0.1) is 0 Å². The van der Waals surface area contributed by atoms with E-state index >= 15 is 0 Å². The molecular weight excluding hydrogens is 322 g/mol. The van der Waals surface area contributed by atoms with Crippen LogP contribution in [-0.2, 0) is 11.3 Å². The first kappa shape index (κ1) is 13.2. The van der Waals surface area contributed by atoms with Crippen LogP contribution < -0.4 is 0 Å². The first-order valence-electron chi connectivity index (χ1n) is 5.42. The lowest BCUT2D eigenvalue weighted by Crippen LogP contribution is -2.24. The Morgan fingerprint density at radius 1 is 1.53 bits per heavy atom. The summed E-state index contributed by atoms with van der Waals surface area (Å²) in [6, 6.07) is 5.76. The summed E-state index contributed by atoms with van der Waals surface area (Å²) in [5.41, 5.74) is 1.09. The zero-order valence-electron chi connectivity index (χ0n) is 9.20. The minimum atomic E-state index is 0.218. The van der Waals surface area contributed by atoms with E-state index in [-0.39, 0.29) is 5.91 Å². The van der Waals surface area contributed by atoms with E-state index in [4.69, 9.17) is 11.6 Å². The molecule has 1 amide bonds. The van der Waals surface area contributed by atoms with Gasteiger partial charge in [-0.2, -0.15) is 12.6 Å². The molecule has 5 heteroatoms. The van der Waals surface area contributed by atoms with E-state index in [1.54, 1.807) is 0 Å². The van der Waals surface area contributed by atoms with Crippen LogP contribution in [0.25, 0.3) is 0 Å². The van der Waals surface area contributed by atoms with Crippen molar-refractivity contribution in [1.29, 1.82) is 0 Å². The lowest BCUT2D eigenvalue weighted by Gasteiger charge is -2.16. The Balaban J connectivity index is 2.06. The van der Waals surface area contributed by atoms with Gasteiger partial charge in [0.05, 0.1) is 5.02 Å². The van der Waals surface area contributed by atoms with Gasteiger partial charge in [0.1, 0.15) is 0 Å². The average molecular weight is 335 g/mol. The number of thiol groups is 1. The molecule has 1 aromatic carbocycles. The number of hydrogen-bond acceptors (Lipinski definition) is 2. The fourth-order valence-corrected chi connectivity index (χ4v) is 2.78. The first-order valence-corrected chi connectivity index (χ1v) is 7.23. The molecule has 0 saturated carbocycles. The van der Waals surface area contributed by atoms with Crippen LogP contribution in [0.3, 0.4) is 0 Å². The van der Waals surface area contributed by atoms with E-state index < -0.39 is 0 Å². The average Bonchev–Trinajstić information content (AvgIpc) is 2.65. The molecule has 1 saturated heterocycles. The maximum absolute atomic E-state index is 11.8. The van der Waals surface area contributed by atoms with E-state index in [9.17, 15) is 4.79 Å². The van der Waals surface area contributed by atoms with Crippen LogP contribution in [0, 0.1) is 5.92 Å². The largest absolute Gasteiger partial charge is 0.338 e. The lowest BCUT2D eigenvalue weighted by molar-refractivity contribution is -0.128. The Labute approximate surface area is 120 Å². The van der Waals surface area contributed by atoms with Gasteiger partial charge in [-0.05, 0) is 45.3 Å². The van der Waals surface area contributed by atoms with Gasteiger partial charge in [-0.25, -0.2) is 0 Å². The van der Waals surface area contributed by atoms with Crippen molar-refractivity contribution in [2.45, 2.75) is 13.0 Å². The van der Waals surface area contributed by atoms with Gasteiger partial charge in [-0.3, -0.25) is 4.79 Å². The maximum Gasteiger partial charge on any atom is 0.223 e. The molecule has 92 valence electrons. The van der Waals surface area contributed by atoms with Gasteiger partial charge in [0.2, 0.25) is 5.91 Å². The first-order chi connectivity index (χ1) is 8.10. The molecule has 1 atom stereocenters. The van der Waals surface area contributed by atoms with Crippen LogP contribution in [0.5, 0.6) is 0 Å². The van der Waals surface area contributed by atoms with E-state index in [1.165, 1.54) is 0 Å². The predicted molar refractivity (Wildman–Crippen MR) is 76.5 cm³/mol. The molecule has 0 radical (unpaired) electrons. The van der Waals surface area contributed by atoms with Crippen molar-refractivity contribution >= 4 is 46.1 Å². The molecule has 1 heterocycles. The van der Waals surface area contributed by atoms with Crippen molar-refractivity contribution in [2.75, 3.05) is 12.3 Å². The SMILES string of the molecule is O=C1CC(CS)CN1Cc1ccc(Cl)c(Br)c1. The summed E-state index contributed by atoms with van der Waals surface area (Å²) in [5, 5.41) is 0.690. The molecule has 1 fully saturated rings. The molecule has 1 unspecified atom stereocenters. The van der Waals surface area contributed by atoms with Crippen molar-refractivity contribution in [3.8, 4) is 0 Å². The van der Waals surface area contributed by atoms with Crippen LogP contribution in [0.2, 0.25) is 5.02 Å². The van der Waals surface area contributed by atoms with Crippen LogP contribution >= 0.6 is 40.2 Å².